The zero-order valence-corrected chi connectivity index (χ0v) is 12.0. The molecule has 0 saturated carbocycles. The van der Waals surface area contributed by atoms with Gasteiger partial charge in [-0.1, -0.05) is 0 Å². The van der Waals surface area contributed by atoms with Crippen LogP contribution in [0, 0.1) is 6.92 Å². The van der Waals surface area contributed by atoms with Crippen LogP contribution in [0.5, 0.6) is 0 Å². The molecule has 0 atom stereocenters. The maximum atomic E-state index is 12.5. The van der Waals surface area contributed by atoms with Crippen molar-refractivity contribution in [1.82, 2.24) is 15.1 Å². The number of aryl methyl sites for hydroxylation is 1. The Kier molecular flexibility index (Phi) is 3.18. The van der Waals surface area contributed by atoms with E-state index in [1.807, 2.05) is 13.8 Å². The monoisotopic (exact) mass is 286 g/mol. The van der Waals surface area contributed by atoms with Crippen LogP contribution in [0.1, 0.15) is 42.9 Å². The molecule has 8 heteroatoms. The molecule has 1 fully saturated rings. The molecular weight excluding hydrogens is 268 g/mol. The third-order valence-corrected chi connectivity index (χ3v) is 4.59. The number of aromatic nitrogens is 2. The maximum absolute atomic E-state index is 12.5. The zero-order valence-electron chi connectivity index (χ0n) is 11.2. The highest BCUT2D eigenvalue weighted by atomic mass is 32.2. The van der Waals surface area contributed by atoms with Crippen LogP contribution in [0.2, 0.25) is 0 Å². The second kappa shape index (κ2) is 4.31. The maximum Gasteiger partial charge on any atom is 0.276 e. The second-order valence-electron chi connectivity index (χ2n) is 5.44. The van der Waals surface area contributed by atoms with Gasteiger partial charge in [-0.2, -0.15) is 5.10 Å². The van der Waals surface area contributed by atoms with Crippen molar-refractivity contribution >= 4 is 15.9 Å². The molecule has 0 bridgehead atoms. The molecular formula is C11H18N4O3S. The fraction of sp³-hybridized carbons (Fsp3) is 0.636. The van der Waals surface area contributed by atoms with E-state index in [1.54, 1.807) is 4.90 Å². The molecule has 7 nitrogen and oxygen atoms in total. The number of hydrogen-bond donors (Lipinski definition) is 2. The molecule has 0 aliphatic carbocycles. The van der Waals surface area contributed by atoms with E-state index in [1.165, 1.54) is 6.92 Å². The summed E-state index contributed by atoms with van der Waals surface area (Å²) in [5.41, 5.74) is -0.127. The van der Waals surface area contributed by atoms with Gasteiger partial charge in [0, 0.05) is 12.1 Å². The summed E-state index contributed by atoms with van der Waals surface area (Å²) in [4.78, 5) is 13.9. The van der Waals surface area contributed by atoms with Crippen molar-refractivity contribution in [2.45, 2.75) is 44.0 Å². The van der Waals surface area contributed by atoms with Crippen LogP contribution in [-0.2, 0) is 10.0 Å². The minimum Gasteiger partial charge on any atom is -0.332 e. The Morgan fingerprint density at radius 3 is 2.58 bits per heavy atom. The summed E-state index contributed by atoms with van der Waals surface area (Å²) in [6, 6.07) is 0. The van der Waals surface area contributed by atoms with Crippen LogP contribution in [0.15, 0.2) is 4.90 Å². The Morgan fingerprint density at radius 1 is 1.47 bits per heavy atom. The predicted octanol–water partition coefficient (Wildman–Crippen LogP) is 0.380. The Hall–Kier alpha value is -1.41. The molecule has 1 aliphatic heterocycles. The molecule has 0 spiro atoms. The number of aromatic amines is 1. The van der Waals surface area contributed by atoms with Gasteiger partial charge < -0.3 is 4.90 Å². The number of primary sulfonamides is 1. The Balaban J connectivity index is 2.47. The lowest BCUT2D eigenvalue weighted by atomic mass is 10.0. The molecule has 1 amide bonds. The summed E-state index contributed by atoms with van der Waals surface area (Å²) >= 11 is 0. The van der Waals surface area contributed by atoms with Gasteiger partial charge in [0.25, 0.3) is 5.91 Å². The third kappa shape index (κ3) is 2.37. The average Bonchev–Trinajstić information content (AvgIpc) is 2.79. The van der Waals surface area contributed by atoms with Crippen LogP contribution in [0.4, 0.5) is 0 Å². The lowest BCUT2D eigenvalue weighted by Crippen LogP contribution is -2.43. The van der Waals surface area contributed by atoms with Crippen LogP contribution >= 0.6 is 0 Å². The van der Waals surface area contributed by atoms with E-state index in [2.05, 4.69) is 10.2 Å². The Labute approximate surface area is 112 Å². The molecule has 1 saturated heterocycles. The van der Waals surface area contributed by atoms with Crippen LogP contribution in [0.25, 0.3) is 0 Å². The Morgan fingerprint density at radius 2 is 2.11 bits per heavy atom. The first-order chi connectivity index (χ1) is 8.64. The molecule has 1 aromatic heterocycles. The fourth-order valence-electron chi connectivity index (χ4n) is 2.52. The van der Waals surface area contributed by atoms with E-state index in [-0.39, 0.29) is 21.8 Å². The van der Waals surface area contributed by atoms with Crippen molar-refractivity contribution in [3.8, 4) is 0 Å². The van der Waals surface area contributed by atoms with E-state index in [4.69, 9.17) is 5.14 Å². The summed E-state index contributed by atoms with van der Waals surface area (Å²) in [7, 11) is -3.97. The van der Waals surface area contributed by atoms with Crippen LogP contribution in [0.3, 0.4) is 0 Å². The number of carbonyl (C=O) groups is 1. The molecule has 2 heterocycles. The van der Waals surface area contributed by atoms with Gasteiger partial charge >= 0.3 is 0 Å². The minimum absolute atomic E-state index is 0.116. The van der Waals surface area contributed by atoms with Crippen molar-refractivity contribution in [3.05, 3.63) is 11.4 Å². The van der Waals surface area contributed by atoms with Gasteiger partial charge in [-0.3, -0.25) is 9.89 Å². The van der Waals surface area contributed by atoms with Crippen LogP contribution < -0.4 is 5.14 Å². The van der Waals surface area contributed by atoms with Crippen molar-refractivity contribution < 1.29 is 13.2 Å². The van der Waals surface area contributed by atoms with Gasteiger partial charge in [0.2, 0.25) is 10.0 Å². The van der Waals surface area contributed by atoms with Crippen molar-refractivity contribution in [2.75, 3.05) is 6.54 Å². The first-order valence-electron chi connectivity index (χ1n) is 6.04. The van der Waals surface area contributed by atoms with E-state index in [0.717, 1.165) is 12.8 Å². The largest absolute Gasteiger partial charge is 0.332 e. The summed E-state index contributed by atoms with van der Waals surface area (Å²) in [6.07, 6.45) is 1.78. The minimum atomic E-state index is -3.97. The summed E-state index contributed by atoms with van der Waals surface area (Å²) in [5.74, 6) is -0.393. The van der Waals surface area contributed by atoms with E-state index in [9.17, 15) is 13.2 Å². The summed E-state index contributed by atoms with van der Waals surface area (Å²) in [6.45, 7) is 6.03. The average molecular weight is 286 g/mol. The van der Waals surface area contributed by atoms with Gasteiger partial charge in [0.05, 0.1) is 5.69 Å². The number of sulfonamides is 1. The van der Waals surface area contributed by atoms with E-state index in [0.29, 0.717) is 6.54 Å². The van der Waals surface area contributed by atoms with Crippen LogP contribution in [-0.4, -0.2) is 41.5 Å². The molecule has 3 N–H and O–H groups in total. The number of hydrogen-bond acceptors (Lipinski definition) is 4. The highest BCUT2D eigenvalue weighted by Crippen LogP contribution is 2.30. The predicted molar refractivity (Wildman–Crippen MR) is 69.0 cm³/mol. The molecule has 1 aliphatic rings. The smallest absolute Gasteiger partial charge is 0.276 e. The number of rotatable bonds is 2. The van der Waals surface area contributed by atoms with Gasteiger partial charge in [-0.15, -0.1) is 0 Å². The standard InChI is InChI=1S/C11H18N4O3S/c1-7-9(19(12,17)18)8(14-13-7)10(16)15-6-4-5-11(15,2)3/h4-6H2,1-3H3,(H,13,14)(H2,12,17,18). The van der Waals surface area contributed by atoms with Gasteiger partial charge in [0.1, 0.15) is 4.90 Å². The SMILES string of the molecule is Cc1[nH]nc(C(=O)N2CCCC2(C)C)c1S(N)(=O)=O. The van der Waals surface area contributed by atoms with Gasteiger partial charge in [0.15, 0.2) is 5.69 Å². The lowest BCUT2D eigenvalue weighted by Gasteiger charge is -2.31. The number of nitrogens with zero attached hydrogens (tertiary/aromatic N) is 2. The van der Waals surface area contributed by atoms with Gasteiger partial charge in [-0.25, -0.2) is 13.6 Å². The zero-order chi connectivity index (χ0) is 14.4. The molecule has 0 aromatic carbocycles. The highest BCUT2D eigenvalue weighted by molar-refractivity contribution is 7.89. The number of carbonyl (C=O) groups excluding carboxylic acids is 1. The van der Waals surface area contributed by atoms with Crippen molar-refractivity contribution in [3.63, 3.8) is 0 Å². The first kappa shape index (κ1) is 14.0. The number of likely N-dealkylation sites (tertiary alicyclic amines) is 1. The molecule has 106 valence electrons. The number of H-pyrrole nitrogens is 1. The van der Waals surface area contributed by atoms with E-state index >= 15 is 0 Å². The normalized spacial score (nSPS) is 18.8. The number of nitrogens with one attached hydrogen (secondary N) is 1. The third-order valence-electron chi connectivity index (χ3n) is 3.52. The molecule has 2 rings (SSSR count). The fourth-order valence-corrected chi connectivity index (χ4v) is 3.40. The molecule has 0 radical (unpaired) electrons. The summed E-state index contributed by atoms with van der Waals surface area (Å²) in [5, 5.41) is 11.5. The topological polar surface area (TPSA) is 109 Å². The van der Waals surface area contributed by atoms with Gasteiger partial charge in [-0.05, 0) is 33.6 Å². The first-order valence-corrected chi connectivity index (χ1v) is 7.59. The number of nitrogens with two attached hydrogens (primary N) is 1. The molecule has 19 heavy (non-hydrogen) atoms. The highest BCUT2D eigenvalue weighted by Gasteiger charge is 2.39. The molecule has 1 aromatic rings. The second-order valence-corrected chi connectivity index (χ2v) is 6.94. The molecule has 0 unspecified atom stereocenters. The Bertz CT molecular complexity index is 618. The quantitative estimate of drug-likeness (QED) is 0.819. The van der Waals surface area contributed by atoms with Crippen molar-refractivity contribution in [1.29, 1.82) is 0 Å². The lowest BCUT2D eigenvalue weighted by molar-refractivity contribution is 0.0641. The summed E-state index contributed by atoms with van der Waals surface area (Å²) < 4.78 is 23.1. The number of amides is 1. The van der Waals surface area contributed by atoms with Crippen molar-refractivity contribution in [2.24, 2.45) is 5.14 Å². The van der Waals surface area contributed by atoms with E-state index < -0.39 is 15.9 Å².